The predicted octanol–water partition coefficient (Wildman–Crippen LogP) is 3.28. The van der Waals surface area contributed by atoms with Crippen LogP contribution in [0.25, 0.3) is 0 Å². The Morgan fingerprint density at radius 3 is 2.79 bits per heavy atom. The second kappa shape index (κ2) is 7.44. The average molecular weight is 402 g/mol. The highest BCUT2D eigenvalue weighted by molar-refractivity contribution is 7.17. The molecule has 3 heterocycles. The molecule has 0 bridgehead atoms. The second-order valence-electron chi connectivity index (χ2n) is 7.04. The first-order valence-electron chi connectivity index (χ1n) is 9.15. The zero-order valence-corrected chi connectivity index (χ0v) is 16.9. The van der Waals surface area contributed by atoms with E-state index >= 15 is 0 Å². The van der Waals surface area contributed by atoms with Crippen LogP contribution >= 0.6 is 11.3 Å². The number of amides is 1. The summed E-state index contributed by atoms with van der Waals surface area (Å²) in [6, 6.07) is 5.44. The number of thiophene rings is 1. The van der Waals surface area contributed by atoms with Crippen LogP contribution in [0, 0.1) is 0 Å². The largest absolute Gasteiger partial charge is 0.465 e. The van der Waals surface area contributed by atoms with E-state index in [4.69, 9.17) is 14.2 Å². The summed E-state index contributed by atoms with van der Waals surface area (Å²) in [7, 11) is 1.36. The maximum atomic E-state index is 12.8. The molecule has 148 valence electrons. The molecule has 4 rings (SSSR count). The molecule has 1 aromatic heterocycles. The quantitative estimate of drug-likeness (QED) is 0.791. The number of esters is 1. The van der Waals surface area contributed by atoms with Crippen molar-refractivity contribution < 1.29 is 23.8 Å². The van der Waals surface area contributed by atoms with Crippen molar-refractivity contribution in [1.29, 1.82) is 0 Å². The van der Waals surface area contributed by atoms with Crippen LogP contribution < -0.4 is 14.8 Å². The summed E-state index contributed by atoms with van der Waals surface area (Å²) in [6.07, 6.45) is 0.758. The summed E-state index contributed by atoms with van der Waals surface area (Å²) in [5.74, 6) is 0.435. The lowest BCUT2D eigenvalue weighted by Gasteiger charge is -2.30. The number of methoxy groups -OCH3 is 1. The van der Waals surface area contributed by atoms with Crippen LogP contribution in [0.4, 0.5) is 5.00 Å². The molecule has 0 aliphatic carbocycles. The van der Waals surface area contributed by atoms with Crippen molar-refractivity contribution in [3.8, 4) is 11.5 Å². The summed E-state index contributed by atoms with van der Waals surface area (Å²) in [5.41, 5.74) is 1.89. The SMILES string of the molecule is COC(=O)c1c(NC(=O)c2ccc3c(c2)OCO3)sc2c1CCN(C(C)C)C2. The first-order valence-corrected chi connectivity index (χ1v) is 9.97. The first-order chi connectivity index (χ1) is 13.5. The van der Waals surface area contributed by atoms with E-state index in [1.54, 1.807) is 18.2 Å². The van der Waals surface area contributed by atoms with E-state index in [2.05, 4.69) is 24.1 Å². The number of carbonyl (C=O) groups is 2. The van der Waals surface area contributed by atoms with Crippen LogP contribution in [-0.2, 0) is 17.7 Å². The van der Waals surface area contributed by atoms with Gasteiger partial charge in [0, 0.05) is 29.6 Å². The van der Waals surface area contributed by atoms with Crippen molar-refractivity contribution in [3.63, 3.8) is 0 Å². The van der Waals surface area contributed by atoms with Gasteiger partial charge in [0.25, 0.3) is 5.91 Å². The summed E-state index contributed by atoms with van der Waals surface area (Å²) in [5, 5.41) is 3.43. The lowest BCUT2D eigenvalue weighted by Crippen LogP contribution is -2.35. The fourth-order valence-electron chi connectivity index (χ4n) is 3.48. The van der Waals surface area contributed by atoms with E-state index in [0.29, 0.717) is 33.7 Å². The van der Waals surface area contributed by atoms with Crippen molar-refractivity contribution in [2.45, 2.75) is 32.9 Å². The van der Waals surface area contributed by atoms with Gasteiger partial charge in [0.15, 0.2) is 11.5 Å². The van der Waals surface area contributed by atoms with Crippen molar-refractivity contribution in [1.82, 2.24) is 4.90 Å². The molecule has 0 saturated heterocycles. The van der Waals surface area contributed by atoms with Crippen molar-refractivity contribution >= 4 is 28.2 Å². The highest BCUT2D eigenvalue weighted by atomic mass is 32.1. The van der Waals surface area contributed by atoms with Crippen LogP contribution in [0.1, 0.15) is 45.0 Å². The Morgan fingerprint density at radius 2 is 2.04 bits per heavy atom. The molecule has 28 heavy (non-hydrogen) atoms. The Hall–Kier alpha value is -2.58. The molecule has 1 amide bonds. The summed E-state index contributed by atoms with van der Waals surface area (Å²) in [4.78, 5) is 28.7. The second-order valence-corrected chi connectivity index (χ2v) is 8.14. The van der Waals surface area contributed by atoms with Crippen LogP contribution in [0.3, 0.4) is 0 Å². The van der Waals surface area contributed by atoms with Crippen LogP contribution in [0.2, 0.25) is 0 Å². The standard InChI is InChI=1S/C20H22N2O5S/c1-11(2)22-7-6-13-16(9-22)28-19(17(13)20(24)25-3)21-18(23)12-4-5-14-15(8-12)27-10-26-14/h4-5,8,11H,6-7,9-10H2,1-3H3,(H,21,23). The molecule has 1 aromatic carbocycles. The molecule has 0 fully saturated rings. The van der Waals surface area contributed by atoms with E-state index in [1.165, 1.54) is 18.4 Å². The van der Waals surface area contributed by atoms with Gasteiger partial charge in [0.2, 0.25) is 6.79 Å². The molecule has 2 aliphatic rings. The van der Waals surface area contributed by atoms with Crippen molar-refractivity contribution in [2.24, 2.45) is 0 Å². The highest BCUT2D eigenvalue weighted by Crippen LogP contribution is 2.39. The molecule has 7 nitrogen and oxygen atoms in total. The number of nitrogens with zero attached hydrogens (tertiary/aromatic N) is 1. The highest BCUT2D eigenvalue weighted by Gasteiger charge is 2.30. The Kier molecular flexibility index (Phi) is 4.99. The van der Waals surface area contributed by atoms with Crippen LogP contribution in [0.5, 0.6) is 11.5 Å². The van der Waals surface area contributed by atoms with Gasteiger partial charge in [-0.05, 0) is 44.0 Å². The fraction of sp³-hybridized carbons (Fsp3) is 0.400. The lowest BCUT2D eigenvalue weighted by molar-refractivity contribution is 0.0600. The number of rotatable bonds is 4. The van der Waals surface area contributed by atoms with E-state index in [-0.39, 0.29) is 12.7 Å². The van der Waals surface area contributed by atoms with E-state index in [9.17, 15) is 9.59 Å². The molecule has 1 N–H and O–H groups in total. The van der Waals surface area contributed by atoms with Gasteiger partial charge in [-0.25, -0.2) is 4.79 Å². The first kappa shape index (κ1) is 18.8. The molecule has 0 spiro atoms. The van der Waals surface area contributed by atoms with Gasteiger partial charge in [0.1, 0.15) is 5.00 Å². The molecule has 2 aliphatic heterocycles. The third-order valence-electron chi connectivity index (χ3n) is 5.07. The molecular weight excluding hydrogens is 380 g/mol. The number of carbonyl (C=O) groups excluding carboxylic acids is 2. The molecule has 2 aromatic rings. The van der Waals surface area contributed by atoms with Gasteiger partial charge in [-0.1, -0.05) is 0 Å². The van der Waals surface area contributed by atoms with E-state index in [1.807, 2.05) is 0 Å². The monoisotopic (exact) mass is 402 g/mol. The van der Waals surface area contributed by atoms with Gasteiger partial charge in [-0.2, -0.15) is 0 Å². The minimum absolute atomic E-state index is 0.150. The average Bonchev–Trinajstić information content (AvgIpc) is 3.29. The lowest BCUT2D eigenvalue weighted by atomic mass is 10.0. The number of anilines is 1. The fourth-order valence-corrected chi connectivity index (χ4v) is 4.74. The summed E-state index contributed by atoms with van der Waals surface area (Å²) >= 11 is 1.44. The molecule has 0 atom stereocenters. The van der Waals surface area contributed by atoms with Crippen molar-refractivity contribution in [3.05, 3.63) is 39.8 Å². The number of hydrogen-bond acceptors (Lipinski definition) is 7. The number of hydrogen-bond donors (Lipinski definition) is 1. The normalized spacial score (nSPS) is 15.4. The summed E-state index contributed by atoms with van der Waals surface area (Å²) < 4.78 is 15.6. The van der Waals surface area contributed by atoms with E-state index in [0.717, 1.165) is 30.0 Å². The van der Waals surface area contributed by atoms with Crippen LogP contribution in [-0.4, -0.2) is 43.3 Å². The van der Waals surface area contributed by atoms with Crippen LogP contribution in [0.15, 0.2) is 18.2 Å². The zero-order valence-electron chi connectivity index (χ0n) is 16.0. The van der Waals surface area contributed by atoms with Gasteiger partial charge in [-0.15, -0.1) is 11.3 Å². The maximum absolute atomic E-state index is 12.8. The molecule has 0 unspecified atom stereocenters. The van der Waals surface area contributed by atoms with Gasteiger partial charge in [-0.3, -0.25) is 9.69 Å². The third kappa shape index (κ3) is 3.33. The number of ether oxygens (including phenoxy) is 3. The zero-order chi connectivity index (χ0) is 19.8. The summed E-state index contributed by atoms with van der Waals surface area (Å²) in [6.45, 7) is 6.10. The maximum Gasteiger partial charge on any atom is 0.341 e. The molecular formula is C20H22N2O5S. The Labute approximate surface area is 167 Å². The molecule has 8 heteroatoms. The molecule has 0 radical (unpaired) electrons. The smallest absolute Gasteiger partial charge is 0.341 e. The number of benzene rings is 1. The number of nitrogens with one attached hydrogen (secondary N) is 1. The molecule has 0 saturated carbocycles. The topological polar surface area (TPSA) is 77.1 Å². The minimum atomic E-state index is -0.420. The number of fused-ring (bicyclic) bond motifs is 2. The minimum Gasteiger partial charge on any atom is -0.465 e. The Morgan fingerprint density at radius 1 is 1.25 bits per heavy atom. The Balaban J connectivity index is 1.63. The van der Waals surface area contributed by atoms with E-state index < -0.39 is 5.97 Å². The third-order valence-corrected chi connectivity index (χ3v) is 6.20. The van der Waals surface area contributed by atoms with Crippen molar-refractivity contribution in [2.75, 3.05) is 25.8 Å². The Bertz CT molecular complexity index is 937. The predicted molar refractivity (Wildman–Crippen MR) is 105 cm³/mol. The van der Waals surface area contributed by atoms with Gasteiger partial charge in [0.05, 0.1) is 12.7 Å². The van der Waals surface area contributed by atoms with Gasteiger partial charge < -0.3 is 19.5 Å². The van der Waals surface area contributed by atoms with Gasteiger partial charge >= 0.3 is 5.97 Å².